The summed E-state index contributed by atoms with van der Waals surface area (Å²) >= 11 is 0. The van der Waals surface area contributed by atoms with Gasteiger partial charge in [0.25, 0.3) is 5.91 Å². The zero-order chi connectivity index (χ0) is 12.4. The number of H-pyrrole nitrogens is 1. The van der Waals surface area contributed by atoms with Gasteiger partial charge in [0.2, 0.25) is 0 Å². The van der Waals surface area contributed by atoms with E-state index in [1.807, 2.05) is 12.4 Å². The minimum atomic E-state index is -0.0936. The summed E-state index contributed by atoms with van der Waals surface area (Å²) in [5, 5.41) is 9.36. The normalized spacial score (nSPS) is 18.3. The van der Waals surface area contributed by atoms with Crippen LogP contribution in [0.25, 0.3) is 0 Å². The summed E-state index contributed by atoms with van der Waals surface area (Å²) in [6, 6.07) is 1.67. The van der Waals surface area contributed by atoms with Gasteiger partial charge in [-0.3, -0.25) is 9.89 Å². The van der Waals surface area contributed by atoms with Crippen LogP contribution in [0.4, 0.5) is 0 Å². The molecule has 2 aromatic heterocycles. The van der Waals surface area contributed by atoms with E-state index in [-0.39, 0.29) is 5.91 Å². The number of carbonyl (C=O) groups excluding carboxylic acids is 1. The van der Waals surface area contributed by atoms with Crippen molar-refractivity contribution in [2.24, 2.45) is 5.92 Å². The molecule has 1 aliphatic rings. The molecule has 2 N–H and O–H groups in total. The second-order valence-corrected chi connectivity index (χ2v) is 4.58. The summed E-state index contributed by atoms with van der Waals surface area (Å²) in [7, 11) is 0. The summed E-state index contributed by atoms with van der Waals surface area (Å²) in [5.74, 6) is 1.52. The van der Waals surface area contributed by atoms with Gasteiger partial charge in [0.1, 0.15) is 11.5 Å². The fourth-order valence-corrected chi connectivity index (χ4v) is 2.32. The zero-order valence-corrected chi connectivity index (χ0v) is 9.97. The highest BCUT2D eigenvalue weighted by molar-refractivity contribution is 5.92. The van der Waals surface area contributed by atoms with Gasteiger partial charge < -0.3 is 9.88 Å². The predicted molar refractivity (Wildman–Crippen MR) is 65.0 cm³/mol. The number of aromatic nitrogens is 4. The summed E-state index contributed by atoms with van der Waals surface area (Å²) in [6.45, 7) is 1.62. The van der Waals surface area contributed by atoms with Gasteiger partial charge in [-0.2, -0.15) is 5.10 Å². The van der Waals surface area contributed by atoms with E-state index in [1.165, 1.54) is 0 Å². The second kappa shape index (κ2) is 4.64. The van der Waals surface area contributed by atoms with Crippen LogP contribution in [-0.2, 0) is 13.0 Å². The molecule has 0 aliphatic carbocycles. The van der Waals surface area contributed by atoms with Gasteiger partial charge in [0, 0.05) is 38.1 Å². The van der Waals surface area contributed by atoms with Gasteiger partial charge in [0.15, 0.2) is 0 Å². The lowest BCUT2D eigenvalue weighted by Gasteiger charge is -2.23. The lowest BCUT2D eigenvalue weighted by molar-refractivity contribution is 0.0938. The molecule has 0 saturated carbocycles. The third-order valence-corrected chi connectivity index (χ3v) is 3.33. The Kier molecular flexibility index (Phi) is 2.84. The van der Waals surface area contributed by atoms with Gasteiger partial charge in [-0.1, -0.05) is 0 Å². The fourth-order valence-electron chi connectivity index (χ4n) is 2.32. The molecule has 94 valence electrons. The molecule has 3 heterocycles. The molecule has 6 nitrogen and oxygen atoms in total. The summed E-state index contributed by atoms with van der Waals surface area (Å²) < 4.78 is 2.16. The smallest absolute Gasteiger partial charge is 0.269 e. The lowest BCUT2D eigenvalue weighted by atomic mass is 9.99. The first-order valence-corrected chi connectivity index (χ1v) is 6.10. The zero-order valence-electron chi connectivity index (χ0n) is 9.97. The molecule has 1 aliphatic heterocycles. The van der Waals surface area contributed by atoms with Crippen LogP contribution < -0.4 is 5.32 Å². The first kappa shape index (κ1) is 11.0. The monoisotopic (exact) mass is 245 g/mol. The van der Waals surface area contributed by atoms with E-state index in [0.717, 1.165) is 25.2 Å². The standard InChI is InChI=1S/C12H15N5O/c18-12(10-3-4-15-16-10)14-7-9-1-2-11-13-5-6-17(11)8-9/h3-6,9H,1-2,7-8H2,(H,14,18)(H,15,16). The highest BCUT2D eigenvalue weighted by Gasteiger charge is 2.19. The first-order valence-electron chi connectivity index (χ1n) is 6.10. The third kappa shape index (κ3) is 2.13. The molecule has 18 heavy (non-hydrogen) atoms. The lowest BCUT2D eigenvalue weighted by Crippen LogP contribution is -2.33. The average Bonchev–Trinajstić information content (AvgIpc) is 3.05. The van der Waals surface area contributed by atoms with Crippen molar-refractivity contribution in [2.75, 3.05) is 6.54 Å². The van der Waals surface area contributed by atoms with Gasteiger partial charge in [-0.05, 0) is 18.4 Å². The Balaban J connectivity index is 1.54. The minimum Gasteiger partial charge on any atom is -0.350 e. The molecule has 0 bridgehead atoms. The van der Waals surface area contributed by atoms with Gasteiger partial charge in [0.05, 0.1) is 0 Å². The summed E-state index contributed by atoms with van der Waals surface area (Å²) in [5.41, 5.74) is 0.508. The van der Waals surface area contributed by atoms with Crippen molar-refractivity contribution in [1.82, 2.24) is 25.1 Å². The van der Waals surface area contributed by atoms with Crippen molar-refractivity contribution in [3.63, 3.8) is 0 Å². The van der Waals surface area contributed by atoms with Gasteiger partial charge in [-0.15, -0.1) is 0 Å². The van der Waals surface area contributed by atoms with Crippen LogP contribution in [0.2, 0.25) is 0 Å². The van der Waals surface area contributed by atoms with E-state index >= 15 is 0 Å². The van der Waals surface area contributed by atoms with Crippen molar-refractivity contribution in [2.45, 2.75) is 19.4 Å². The molecule has 0 radical (unpaired) electrons. The molecular formula is C12H15N5O. The van der Waals surface area contributed by atoms with E-state index < -0.39 is 0 Å². The van der Waals surface area contributed by atoms with Crippen LogP contribution in [0.5, 0.6) is 0 Å². The number of imidazole rings is 1. The average molecular weight is 245 g/mol. The number of amides is 1. The number of hydrogen-bond donors (Lipinski definition) is 2. The Morgan fingerprint density at radius 2 is 2.50 bits per heavy atom. The molecule has 1 amide bonds. The van der Waals surface area contributed by atoms with Crippen LogP contribution in [-0.4, -0.2) is 32.2 Å². The molecule has 1 unspecified atom stereocenters. The summed E-state index contributed by atoms with van der Waals surface area (Å²) in [6.07, 6.45) is 7.46. The molecule has 2 aromatic rings. The molecule has 6 heteroatoms. The molecule has 0 saturated heterocycles. The Morgan fingerprint density at radius 1 is 1.56 bits per heavy atom. The molecule has 3 rings (SSSR count). The van der Waals surface area contributed by atoms with Crippen LogP contribution >= 0.6 is 0 Å². The first-order chi connectivity index (χ1) is 8.83. The maximum atomic E-state index is 11.7. The minimum absolute atomic E-state index is 0.0936. The topological polar surface area (TPSA) is 75.6 Å². The van der Waals surface area contributed by atoms with Gasteiger partial charge in [-0.25, -0.2) is 4.98 Å². The number of hydrogen-bond acceptors (Lipinski definition) is 3. The Bertz CT molecular complexity index is 530. The third-order valence-electron chi connectivity index (χ3n) is 3.33. The van der Waals surface area contributed by atoms with Crippen LogP contribution in [0.1, 0.15) is 22.7 Å². The maximum Gasteiger partial charge on any atom is 0.269 e. The Hall–Kier alpha value is -2.11. The number of carbonyl (C=O) groups is 1. The second-order valence-electron chi connectivity index (χ2n) is 4.58. The molecule has 1 atom stereocenters. The molecule has 0 aromatic carbocycles. The van der Waals surface area contributed by atoms with Crippen molar-refractivity contribution in [3.05, 3.63) is 36.2 Å². The van der Waals surface area contributed by atoms with E-state index in [1.54, 1.807) is 12.3 Å². The highest BCUT2D eigenvalue weighted by Crippen LogP contribution is 2.17. The van der Waals surface area contributed by atoms with E-state index in [2.05, 4.69) is 25.1 Å². The van der Waals surface area contributed by atoms with Crippen LogP contribution in [0, 0.1) is 5.92 Å². The molecule has 0 fully saturated rings. The van der Waals surface area contributed by atoms with Crippen LogP contribution in [0.3, 0.4) is 0 Å². The summed E-state index contributed by atoms with van der Waals surface area (Å²) in [4.78, 5) is 16.0. The van der Waals surface area contributed by atoms with Crippen molar-refractivity contribution in [1.29, 1.82) is 0 Å². The molecular weight excluding hydrogens is 230 g/mol. The van der Waals surface area contributed by atoms with Crippen molar-refractivity contribution < 1.29 is 4.79 Å². The number of fused-ring (bicyclic) bond motifs is 1. The number of aryl methyl sites for hydroxylation is 1. The van der Waals surface area contributed by atoms with E-state index in [4.69, 9.17) is 0 Å². The maximum absolute atomic E-state index is 11.7. The predicted octanol–water partition coefficient (Wildman–Crippen LogP) is 0.599. The fraction of sp³-hybridized carbons (Fsp3) is 0.417. The SMILES string of the molecule is O=C(NCC1CCc2nccn2C1)c1ccn[nH]1. The number of nitrogens with one attached hydrogen (secondary N) is 2. The largest absolute Gasteiger partial charge is 0.350 e. The number of aromatic amines is 1. The van der Waals surface area contributed by atoms with Crippen molar-refractivity contribution >= 4 is 5.91 Å². The number of rotatable bonds is 3. The van der Waals surface area contributed by atoms with Crippen molar-refractivity contribution in [3.8, 4) is 0 Å². The highest BCUT2D eigenvalue weighted by atomic mass is 16.1. The van der Waals surface area contributed by atoms with E-state index in [9.17, 15) is 4.79 Å². The Labute approximate surface area is 104 Å². The Morgan fingerprint density at radius 3 is 3.33 bits per heavy atom. The number of nitrogens with zero attached hydrogens (tertiary/aromatic N) is 3. The van der Waals surface area contributed by atoms with E-state index in [0.29, 0.717) is 18.2 Å². The van der Waals surface area contributed by atoms with Gasteiger partial charge >= 0.3 is 0 Å². The van der Waals surface area contributed by atoms with Crippen LogP contribution in [0.15, 0.2) is 24.7 Å². The molecule has 0 spiro atoms. The quantitative estimate of drug-likeness (QED) is 0.831.